The minimum Gasteiger partial charge on any atom is -0.288 e. The Kier molecular flexibility index (Phi) is 2.77. The molecular formula is C17H8FNO2S. The van der Waals surface area contributed by atoms with Crippen LogP contribution in [-0.2, 0) is 0 Å². The van der Waals surface area contributed by atoms with Gasteiger partial charge in [-0.3, -0.25) is 9.59 Å². The van der Waals surface area contributed by atoms with Gasteiger partial charge < -0.3 is 0 Å². The molecule has 1 heterocycles. The van der Waals surface area contributed by atoms with Gasteiger partial charge in [-0.2, -0.15) is 0 Å². The third kappa shape index (κ3) is 1.76. The Hall–Kier alpha value is -2.66. The summed E-state index contributed by atoms with van der Waals surface area (Å²) in [5.74, 6) is -0.944. The maximum absolute atomic E-state index is 13.9. The summed E-state index contributed by atoms with van der Waals surface area (Å²) in [6, 6.07) is 12.8. The second-order valence-electron chi connectivity index (χ2n) is 4.88. The van der Waals surface area contributed by atoms with E-state index in [1.165, 1.54) is 6.07 Å². The SMILES string of the molecule is O=C1c2ccccc2C(=O)c2sc(-c3ccccc3F)nc21. The van der Waals surface area contributed by atoms with Gasteiger partial charge in [0.15, 0.2) is 0 Å². The van der Waals surface area contributed by atoms with Crippen LogP contribution in [0.3, 0.4) is 0 Å². The molecule has 0 fully saturated rings. The molecule has 5 heteroatoms. The molecule has 0 saturated heterocycles. The first-order chi connectivity index (χ1) is 10.7. The van der Waals surface area contributed by atoms with Crippen LogP contribution in [0, 0.1) is 5.82 Å². The Bertz CT molecular complexity index is 893. The lowest BCUT2D eigenvalue weighted by atomic mass is 9.91. The molecule has 0 radical (unpaired) electrons. The number of nitrogens with zero attached hydrogens (tertiary/aromatic N) is 1. The van der Waals surface area contributed by atoms with E-state index in [0.717, 1.165) is 11.3 Å². The Balaban J connectivity index is 1.93. The highest BCUT2D eigenvalue weighted by Gasteiger charge is 2.33. The lowest BCUT2D eigenvalue weighted by Crippen LogP contribution is -2.19. The summed E-state index contributed by atoms with van der Waals surface area (Å²) < 4.78 is 13.9. The summed E-state index contributed by atoms with van der Waals surface area (Å²) in [5.41, 5.74) is 1.15. The zero-order valence-electron chi connectivity index (χ0n) is 11.2. The van der Waals surface area contributed by atoms with Crippen molar-refractivity contribution >= 4 is 22.9 Å². The Labute approximate surface area is 129 Å². The minimum absolute atomic E-state index is 0.118. The largest absolute Gasteiger partial charge is 0.288 e. The molecule has 0 saturated carbocycles. The molecule has 0 N–H and O–H groups in total. The van der Waals surface area contributed by atoms with Gasteiger partial charge in [0.25, 0.3) is 0 Å². The van der Waals surface area contributed by atoms with Crippen LogP contribution in [0.2, 0.25) is 0 Å². The summed E-state index contributed by atoms with van der Waals surface area (Å²) in [4.78, 5) is 29.5. The number of carbonyl (C=O) groups excluding carboxylic acids is 2. The molecule has 0 amide bonds. The second-order valence-corrected chi connectivity index (χ2v) is 5.88. The summed E-state index contributed by atoms with van der Waals surface area (Å²) in [6.07, 6.45) is 0. The van der Waals surface area contributed by atoms with Crippen molar-refractivity contribution in [2.24, 2.45) is 0 Å². The van der Waals surface area contributed by atoms with Crippen LogP contribution in [0.1, 0.15) is 31.3 Å². The highest BCUT2D eigenvalue weighted by molar-refractivity contribution is 7.17. The molecule has 0 spiro atoms. The minimum atomic E-state index is -0.425. The van der Waals surface area contributed by atoms with E-state index in [0.29, 0.717) is 21.7 Å². The molecule has 0 atom stereocenters. The number of fused-ring (bicyclic) bond motifs is 2. The lowest BCUT2D eigenvalue weighted by Gasteiger charge is -2.11. The molecular weight excluding hydrogens is 301 g/mol. The number of hydrogen-bond donors (Lipinski definition) is 0. The summed E-state index contributed by atoms with van der Waals surface area (Å²) in [7, 11) is 0. The van der Waals surface area contributed by atoms with E-state index in [1.54, 1.807) is 42.5 Å². The average Bonchev–Trinajstić information content (AvgIpc) is 2.98. The van der Waals surface area contributed by atoms with Crippen LogP contribution >= 0.6 is 11.3 Å². The monoisotopic (exact) mass is 309 g/mol. The fraction of sp³-hybridized carbons (Fsp3) is 0. The number of thiazole rings is 1. The maximum Gasteiger partial charge on any atom is 0.213 e. The number of hydrogen-bond acceptors (Lipinski definition) is 4. The molecule has 1 aliphatic rings. The molecule has 4 rings (SSSR count). The van der Waals surface area contributed by atoms with Crippen molar-refractivity contribution in [2.45, 2.75) is 0 Å². The fourth-order valence-corrected chi connectivity index (χ4v) is 3.55. The van der Waals surface area contributed by atoms with Gasteiger partial charge in [-0.25, -0.2) is 9.37 Å². The van der Waals surface area contributed by atoms with Crippen molar-refractivity contribution in [1.82, 2.24) is 4.98 Å². The van der Waals surface area contributed by atoms with Crippen LogP contribution in [0.15, 0.2) is 48.5 Å². The van der Waals surface area contributed by atoms with Gasteiger partial charge in [0.2, 0.25) is 11.6 Å². The van der Waals surface area contributed by atoms with Crippen molar-refractivity contribution in [2.75, 3.05) is 0 Å². The first-order valence-electron chi connectivity index (χ1n) is 6.61. The van der Waals surface area contributed by atoms with Gasteiger partial charge in [0.05, 0.1) is 0 Å². The molecule has 0 unspecified atom stereocenters. The number of ketones is 2. The number of carbonyl (C=O) groups is 2. The van der Waals surface area contributed by atoms with E-state index >= 15 is 0 Å². The predicted molar refractivity (Wildman–Crippen MR) is 80.8 cm³/mol. The number of benzene rings is 2. The van der Waals surface area contributed by atoms with Gasteiger partial charge in [-0.15, -0.1) is 11.3 Å². The third-order valence-corrected chi connectivity index (χ3v) is 4.66. The normalized spacial score (nSPS) is 13.0. The van der Waals surface area contributed by atoms with Gasteiger partial charge >= 0.3 is 0 Å². The molecule has 2 aromatic carbocycles. The van der Waals surface area contributed by atoms with Gasteiger partial charge in [-0.05, 0) is 12.1 Å². The van der Waals surface area contributed by atoms with Crippen molar-refractivity contribution in [1.29, 1.82) is 0 Å². The van der Waals surface area contributed by atoms with E-state index < -0.39 is 5.82 Å². The zero-order valence-corrected chi connectivity index (χ0v) is 12.0. The Morgan fingerprint density at radius 3 is 2.09 bits per heavy atom. The average molecular weight is 309 g/mol. The first-order valence-corrected chi connectivity index (χ1v) is 7.42. The molecule has 22 heavy (non-hydrogen) atoms. The third-order valence-electron chi connectivity index (χ3n) is 3.57. The van der Waals surface area contributed by atoms with Crippen LogP contribution in [-0.4, -0.2) is 16.6 Å². The van der Waals surface area contributed by atoms with Crippen LogP contribution < -0.4 is 0 Å². The summed E-state index contributed by atoms with van der Waals surface area (Å²) >= 11 is 1.06. The zero-order chi connectivity index (χ0) is 15.3. The number of halogens is 1. The van der Waals surface area contributed by atoms with Crippen molar-refractivity contribution < 1.29 is 14.0 Å². The summed E-state index contributed by atoms with van der Waals surface area (Å²) in [5, 5.41) is 0.345. The molecule has 0 aliphatic heterocycles. The van der Waals surface area contributed by atoms with E-state index in [-0.39, 0.29) is 22.1 Å². The van der Waals surface area contributed by atoms with Crippen LogP contribution in [0.5, 0.6) is 0 Å². The van der Waals surface area contributed by atoms with Crippen LogP contribution in [0.25, 0.3) is 10.6 Å². The highest BCUT2D eigenvalue weighted by atomic mass is 32.1. The first kappa shape index (κ1) is 13.0. The van der Waals surface area contributed by atoms with Crippen molar-refractivity contribution in [3.8, 4) is 10.6 Å². The lowest BCUT2D eigenvalue weighted by molar-refractivity contribution is 0.0979. The topological polar surface area (TPSA) is 47.0 Å². The van der Waals surface area contributed by atoms with Gasteiger partial charge in [-0.1, -0.05) is 36.4 Å². The van der Waals surface area contributed by atoms with Crippen LogP contribution in [0.4, 0.5) is 4.39 Å². The molecule has 106 valence electrons. The fourth-order valence-electron chi connectivity index (χ4n) is 2.51. The number of aromatic nitrogens is 1. The molecule has 1 aromatic heterocycles. The molecule has 0 bridgehead atoms. The van der Waals surface area contributed by atoms with Crippen molar-refractivity contribution in [3.63, 3.8) is 0 Å². The van der Waals surface area contributed by atoms with E-state index in [1.807, 2.05) is 0 Å². The predicted octanol–water partition coefficient (Wildman–Crippen LogP) is 3.72. The van der Waals surface area contributed by atoms with E-state index in [9.17, 15) is 14.0 Å². The molecule has 1 aliphatic carbocycles. The van der Waals surface area contributed by atoms with Gasteiger partial charge in [0.1, 0.15) is 21.4 Å². The van der Waals surface area contributed by atoms with Crippen molar-refractivity contribution in [3.05, 3.63) is 76.0 Å². The molecule has 3 aromatic rings. The summed E-state index contributed by atoms with van der Waals surface area (Å²) in [6.45, 7) is 0. The smallest absolute Gasteiger partial charge is 0.213 e. The standard InChI is InChI=1S/C17H8FNO2S/c18-12-8-4-3-7-11(12)17-19-13-14(20)9-5-1-2-6-10(9)15(21)16(13)22-17/h1-8H. The van der Waals surface area contributed by atoms with E-state index in [4.69, 9.17) is 0 Å². The van der Waals surface area contributed by atoms with E-state index in [2.05, 4.69) is 4.98 Å². The Morgan fingerprint density at radius 1 is 0.818 bits per heavy atom. The van der Waals surface area contributed by atoms with Gasteiger partial charge in [0, 0.05) is 16.7 Å². The quantitative estimate of drug-likeness (QED) is 0.538. The maximum atomic E-state index is 13.9. The Morgan fingerprint density at radius 2 is 1.41 bits per heavy atom. The molecule has 3 nitrogen and oxygen atoms in total. The second kappa shape index (κ2) is 4.68. The highest BCUT2D eigenvalue weighted by Crippen LogP contribution is 2.35. The number of rotatable bonds is 1.